The average Bonchev–Trinajstić information content (AvgIpc) is 3.02. The number of nitrogens with zero attached hydrogens (tertiary/aromatic N) is 2. The third kappa shape index (κ3) is 7.52. The van der Waals surface area contributed by atoms with Gasteiger partial charge in [0.1, 0.15) is 0 Å². The number of carbonyl (C=O) groups is 1. The molecule has 7 heteroatoms. The van der Waals surface area contributed by atoms with Crippen molar-refractivity contribution >= 4 is 47.2 Å². The Morgan fingerprint density at radius 2 is 2.20 bits per heavy atom. The van der Waals surface area contributed by atoms with Crippen LogP contribution in [0.3, 0.4) is 0 Å². The third-order valence-corrected chi connectivity index (χ3v) is 5.14. The first-order valence-corrected chi connectivity index (χ1v) is 9.83. The molecule has 1 aliphatic rings. The topological polar surface area (TPSA) is 56.7 Å². The number of hydrogen-bond donors (Lipinski definition) is 2. The molecule has 2 heterocycles. The van der Waals surface area contributed by atoms with Crippen LogP contribution >= 0.6 is 35.3 Å². The standard InChI is InChI=1S/C18H30N4OS.HI/c1-4-19-18(20-9-5-14(2)3)21-10-6-17(23)22-11-7-16-15(13-22)8-12-24-16;/h8,12,14H,4-7,9-11,13H2,1-3H3,(H2,19,20,21);1H. The van der Waals surface area contributed by atoms with E-state index in [9.17, 15) is 4.79 Å². The second kappa shape index (κ2) is 11.7. The number of thiophene rings is 1. The molecule has 0 aliphatic carbocycles. The summed E-state index contributed by atoms with van der Waals surface area (Å²) in [6, 6.07) is 2.14. The normalized spacial score (nSPS) is 14.1. The highest BCUT2D eigenvalue weighted by Crippen LogP contribution is 2.24. The number of amides is 1. The highest BCUT2D eigenvalue weighted by atomic mass is 127. The summed E-state index contributed by atoms with van der Waals surface area (Å²) in [7, 11) is 0. The van der Waals surface area contributed by atoms with Crippen molar-refractivity contribution in [2.24, 2.45) is 10.9 Å². The van der Waals surface area contributed by atoms with E-state index in [4.69, 9.17) is 0 Å². The lowest BCUT2D eigenvalue weighted by Crippen LogP contribution is -2.41. The molecule has 0 atom stereocenters. The largest absolute Gasteiger partial charge is 0.357 e. The zero-order valence-electron chi connectivity index (χ0n) is 15.5. The monoisotopic (exact) mass is 478 g/mol. The molecule has 142 valence electrons. The minimum Gasteiger partial charge on any atom is -0.357 e. The van der Waals surface area contributed by atoms with Crippen LogP contribution in [-0.4, -0.2) is 42.9 Å². The number of halogens is 1. The minimum absolute atomic E-state index is 0. The molecule has 0 fully saturated rings. The summed E-state index contributed by atoms with van der Waals surface area (Å²) < 4.78 is 0. The van der Waals surface area contributed by atoms with Gasteiger partial charge in [-0.1, -0.05) is 13.8 Å². The Bertz CT molecular complexity index is 559. The van der Waals surface area contributed by atoms with Crippen LogP contribution in [0.5, 0.6) is 0 Å². The van der Waals surface area contributed by atoms with Crippen LogP contribution in [0.15, 0.2) is 16.4 Å². The van der Waals surface area contributed by atoms with E-state index in [1.165, 1.54) is 10.4 Å². The number of guanidine groups is 1. The van der Waals surface area contributed by atoms with Gasteiger partial charge >= 0.3 is 0 Å². The summed E-state index contributed by atoms with van der Waals surface area (Å²) in [6.45, 7) is 10.3. The first kappa shape index (κ1) is 22.2. The molecule has 0 saturated heterocycles. The van der Waals surface area contributed by atoms with E-state index in [2.05, 4.69) is 47.8 Å². The molecular weight excluding hydrogens is 447 g/mol. The van der Waals surface area contributed by atoms with Crippen molar-refractivity contribution in [3.05, 3.63) is 21.9 Å². The lowest BCUT2D eigenvalue weighted by molar-refractivity contribution is -0.131. The first-order valence-electron chi connectivity index (χ1n) is 8.95. The van der Waals surface area contributed by atoms with Crippen molar-refractivity contribution in [2.45, 2.75) is 46.6 Å². The first-order chi connectivity index (χ1) is 11.6. The Kier molecular flexibility index (Phi) is 10.4. The average molecular weight is 478 g/mol. The molecule has 0 spiro atoms. The molecule has 1 amide bonds. The van der Waals surface area contributed by atoms with Crippen LogP contribution in [0.25, 0.3) is 0 Å². The highest BCUT2D eigenvalue weighted by molar-refractivity contribution is 14.0. The van der Waals surface area contributed by atoms with Crippen molar-refractivity contribution in [1.29, 1.82) is 0 Å². The van der Waals surface area contributed by atoms with Gasteiger partial charge in [-0.25, -0.2) is 0 Å². The molecule has 2 rings (SSSR count). The van der Waals surface area contributed by atoms with Gasteiger partial charge in [0, 0.05) is 44.0 Å². The maximum absolute atomic E-state index is 12.4. The van der Waals surface area contributed by atoms with E-state index < -0.39 is 0 Å². The molecule has 0 aromatic carbocycles. The van der Waals surface area contributed by atoms with Gasteiger partial charge in [0.15, 0.2) is 5.96 Å². The minimum atomic E-state index is 0. The van der Waals surface area contributed by atoms with E-state index in [-0.39, 0.29) is 29.9 Å². The van der Waals surface area contributed by atoms with Crippen LogP contribution in [-0.2, 0) is 17.8 Å². The quantitative estimate of drug-likeness (QED) is 0.360. The Labute approximate surface area is 172 Å². The molecule has 0 bridgehead atoms. The number of rotatable bonds is 7. The Morgan fingerprint density at radius 1 is 1.40 bits per heavy atom. The van der Waals surface area contributed by atoms with Crippen LogP contribution < -0.4 is 10.6 Å². The number of aliphatic imine (C=N–C) groups is 1. The number of hydrogen-bond acceptors (Lipinski definition) is 3. The van der Waals surface area contributed by atoms with Gasteiger partial charge in [-0.05, 0) is 42.7 Å². The van der Waals surface area contributed by atoms with Crippen LogP contribution in [0.4, 0.5) is 0 Å². The predicted octanol–water partition coefficient (Wildman–Crippen LogP) is 3.24. The van der Waals surface area contributed by atoms with Gasteiger partial charge in [0.2, 0.25) is 5.91 Å². The van der Waals surface area contributed by atoms with Gasteiger partial charge in [0.05, 0.1) is 0 Å². The second-order valence-electron chi connectivity index (χ2n) is 6.55. The fourth-order valence-electron chi connectivity index (χ4n) is 2.68. The molecule has 2 N–H and O–H groups in total. The Morgan fingerprint density at radius 3 is 2.92 bits per heavy atom. The molecule has 0 radical (unpaired) electrons. The van der Waals surface area contributed by atoms with Crippen molar-refractivity contribution in [3.8, 4) is 0 Å². The second-order valence-corrected chi connectivity index (χ2v) is 7.55. The number of carbonyl (C=O) groups excluding carboxylic acids is 1. The number of nitrogens with one attached hydrogen (secondary N) is 2. The van der Waals surface area contributed by atoms with E-state index in [1.807, 2.05) is 4.90 Å². The molecule has 25 heavy (non-hydrogen) atoms. The van der Waals surface area contributed by atoms with Crippen molar-refractivity contribution in [1.82, 2.24) is 15.5 Å². The zero-order valence-corrected chi connectivity index (χ0v) is 18.7. The molecule has 1 aromatic heterocycles. The number of fused-ring (bicyclic) bond motifs is 1. The van der Waals surface area contributed by atoms with Crippen molar-refractivity contribution in [3.63, 3.8) is 0 Å². The summed E-state index contributed by atoms with van der Waals surface area (Å²) in [6.07, 6.45) is 2.58. The molecular formula is C18H31IN4OS. The fraction of sp³-hybridized carbons (Fsp3) is 0.667. The van der Waals surface area contributed by atoms with Crippen molar-refractivity contribution in [2.75, 3.05) is 26.2 Å². The van der Waals surface area contributed by atoms with Crippen LogP contribution in [0.2, 0.25) is 0 Å². The maximum Gasteiger partial charge on any atom is 0.224 e. The summed E-state index contributed by atoms with van der Waals surface area (Å²) in [5, 5.41) is 8.63. The van der Waals surface area contributed by atoms with E-state index >= 15 is 0 Å². The summed E-state index contributed by atoms with van der Waals surface area (Å²) in [4.78, 5) is 20.4. The Balaban J connectivity index is 0.00000312. The lowest BCUT2D eigenvalue weighted by atomic mass is 10.1. The van der Waals surface area contributed by atoms with Gasteiger partial charge in [-0.3, -0.25) is 9.79 Å². The molecule has 0 unspecified atom stereocenters. The third-order valence-electron chi connectivity index (χ3n) is 4.11. The Hall–Kier alpha value is -0.830. The van der Waals surface area contributed by atoms with Crippen molar-refractivity contribution < 1.29 is 4.79 Å². The van der Waals surface area contributed by atoms with Crippen LogP contribution in [0, 0.1) is 5.92 Å². The zero-order chi connectivity index (χ0) is 17.4. The van der Waals surface area contributed by atoms with Gasteiger partial charge in [-0.2, -0.15) is 0 Å². The molecule has 1 aromatic rings. The van der Waals surface area contributed by atoms with Crippen LogP contribution in [0.1, 0.15) is 44.1 Å². The molecule has 1 aliphatic heterocycles. The van der Waals surface area contributed by atoms with Gasteiger partial charge in [0.25, 0.3) is 0 Å². The highest BCUT2D eigenvalue weighted by Gasteiger charge is 2.20. The SMILES string of the molecule is CCNC(=NCCC(C)C)NCCC(=O)N1CCc2sccc2C1.I. The predicted molar refractivity (Wildman–Crippen MR) is 117 cm³/mol. The summed E-state index contributed by atoms with van der Waals surface area (Å²) >= 11 is 1.80. The van der Waals surface area contributed by atoms with E-state index in [1.54, 1.807) is 11.3 Å². The van der Waals surface area contributed by atoms with Gasteiger partial charge in [-0.15, -0.1) is 35.3 Å². The molecule has 0 saturated carbocycles. The summed E-state index contributed by atoms with van der Waals surface area (Å²) in [5.41, 5.74) is 1.32. The van der Waals surface area contributed by atoms with E-state index in [0.717, 1.165) is 45.0 Å². The summed E-state index contributed by atoms with van der Waals surface area (Å²) in [5.74, 6) is 1.68. The lowest BCUT2D eigenvalue weighted by Gasteiger charge is -2.27. The van der Waals surface area contributed by atoms with Gasteiger partial charge < -0.3 is 15.5 Å². The maximum atomic E-state index is 12.4. The fourth-order valence-corrected chi connectivity index (χ4v) is 3.57. The molecule has 5 nitrogen and oxygen atoms in total. The smallest absolute Gasteiger partial charge is 0.224 e. The van der Waals surface area contributed by atoms with E-state index in [0.29, 0.717) is 18.9 Å².